The molecule has 1 aromatic carbocycles. The zero-order valence-corrected chi connectivity index (χ0v) is 13.2. The van der Waals surface area contributed by atoms with E-state index in [2.05, 4.69) is 25.9 Å². The molecule has 0 aliphatic heterocycles. The van der Waals surface area contributed by atoms with E-state index in [4.69, 9.17) is 27.9 Å². The quantitative estimate of drug-likeness (QED) is 0.756. The summed E-state index contributed by atoms with van der Waals surface area (Å²) in [5.41, 5.74) is 1.68. The number of rotatable bonds is 4. The topological polar surface area (TPSA) is 35.0 Å². The summed E-state index contributed by atoms with van der Waals surface area (Å²) in [7, 11) is 1.56. The third-order valence-corrected chi connectivity index (χ3v) is 3.82. The van der Waals surface area contributed by atoms with E-state index in [0.717, 1.165) is 15.7 Å². The molecule has 0 fully saturated rings. The monoisotopic (exact) mass is 360 g/mol. The first-order chi connectivity index (χ1) is 9.10. The largest absolute Gasteiger partial charge is 0.481 e. The van der Waals surface area contributed by atoms with Gasteiger partial charge in [-0.1, -0.05) is 27.5 Å². The van der Waals surface area contributed by atoms with Crippen LogP contribution in [0.25, 0.3) is 0 Å². The van der Waals surface area contributed by atoms with Gasteiger partial charge in [-0.15, -0.1) is 11.6 Å². The molecule has 1 heterocycles. The van der Waals surface area contributed by atoms with Gasteiger partial charge in [0.1, 0.15) is 6.33 Å². The number of benzene rings is 1. The van der Waals surface area contributed by atoms with Gasteiger partial charge in [0.2, 0.25) is 5.88 Å². The second kappa shape index (κ2) is 6.55. The van der Waals surface area contributed by atoms with E-state index in [0.29, 0.717) is 17.3 Å². The molecule has 1 unspecified atom stereocenters. The Morgan fingerprint density at radius 3 is 2.84 bits per heavy atom. The van der Waals surface area contributed by atoms with Crippen LogP contribution in [0, 0.1) is 0 Å². The van der Waals surface area contributed by atoms with Crippen LogP contribution in [0.15, 0.2) is 35.1 Å². The van der Waals surface area contributed by atoms with Gasteiger partial charge in [0.05, 0.1) is 12.5 Å². The van der Waals surface area contributed by atoms with Gasteiger partial charge in [-0.3, -0.25) is 0 Å². The van der Waals surface area contributed by atoms with Crippen molar-refractivity contribution in [1.29, 1.82) is 0 Å². The molecule has 100 valence electrons. The lowest BCUT2D eigenvalue weighted by Crippen LogP contribution is -2.00. The van der Waals surface area contributed by atoms with Crippen LogP contribution in [0.4, 0.5) is 0 Å². The second-order valence-electron chi connectivity index (χ2n) is 3.89. The van der Waals surface area contributed by atoms with Crippen molar-refractivity contribution in [1.82, 2.24) is 9.97 Å². The van der Waals surface area contributed by atoms with Crippen molar-refractivity contribution in [3.63, 3.8) is 0 Å². The molecule has 3 nitrogen and oxygen atoms in total. The van der Waals surface area contributed by atoms with Crippen molar-refractivity contribution in [2.45, 2.75) is 11.8 Å². The highest BCUT2D eigenvalue weighted by Crippen LogP contribution is 2.32. The molecule has 0 radical (unpaired) electrons. The number of hydrogen-bond acceptors (Lipinski definition) is 3. The summed E-state index contributed by atoms with van der Waals surface area (Å²) in [4.78, 5) is 8.13. The van der Waals surface area contributed by atoms with Crippen LogP contribution in [-0.4, -0.2) is 17.1 Å². The number of methoxy groups -OCH3 is 1. The molecule has 0 amide bonds. The van der Waals surface area contributed by atoms with Crippen LogP contribution in [0.5, 0.6) is 5.88 Å². The number of nitrogens with zero attached hydrogens (tertiary/aromatic N) is 2. The SMILES string of the molecule is COc1cc(CC(Cl)c2cc(Br)ccc2Cl)ncn1. The smallest absolute Gasteiger partial charge is 0.216 e. The molecule has 0 saturated carbocycles. The molecule has 0 bridgehead atoms. The van der Waals surface area contributed by atoms with E-state index in [9.17, 15) is 0 Å². The lowest BCUT2D eigenvalue weighted by molar-refractivity contribution is 0.396. The fraction of sp³-hybridized carbons (Fsp3) is 0.231. The summed E-state index contributed by atoms with van der Waals surface area (Å²) >= 11 is 16.0. The maximum absolute atomic E-state index is 6.41. The summed E-state index contributed by atoms with van der Waals surface area (Å²) in [5.74, 6) is 0.522. The van der Waals surface area contributed by atoms with Gasteiger partial charge in [-0.2, -0.15) is 0 Å². The third kappa shape index (κ3) is 3.81. The Morgan fingerprint density at radius 1 is 1.32 bits per heavy atom. The second-order valence-corrected chi connectivity index (χ2v) is 5.74. The summed E-state index contributed by atoms with van der Waals surface area (Å²) < 4.78 is 6.00. The first kappa shape index (κ1) is 14.6. The number of aromatic nitrogens is 2. The molecule has 0 saturated heterocycles. The molecule has 6 heteroatoms. The zero-order chi connectivity index (χ0) is 13.8. The van der Waals surface area contributed by atoms with E-state index in [-0.39, 0.29) is 5.38 Å². The normalized spacial score (nSPS) is 12.2. The number of alkyl halides is 1. The van der Waals surface area contributed by atoms with E-state index in [1.165, 1.54) is 6.33 Å². The van der Waals surface area contributed by atoms with E-state index < -0.39 is 0 Å². The highest BCUT2D eigenvalue weighted by molar-refractivity contribution is 9.10. The first-order valence-corrected chi connectivity index (χ1v) is 7.15. The predicted molar refractivity (Wildman–Crippen MR) is 80.0 cm³/mol. The highest BCUT2D eigenvalue weighted by Gasteiger charge is 2.14. The van der Waals surface area contributed by atoms with Crippen molar-refractivity contribution >= 4 is 39.1 Å². The van der Waals surface area contributed by atoms with Crippen molar-refractivity contribution in [2.75, 3.05) is 7.11 Å². The molecule has 0 aliphatic carbocycles. The van der Waals surface area contributed by atoms with Crippen molar-refractivity contribution in [2.24, 2.45) is 0 Å². The third-order valence-electron chi connectivity index (χ3n) is 2.59. The van der Waals surface area contributed by atoms with Crippen molar-refractivity contribution in [3.8, 4) is 5.88 Å². The average Bonchev–Trinajstić information content (AvgIpc) is 2.41. The Kier molecular flexibility index (Phi) is 5.02. The lowest BCUT2D eigenvalue weighted by atomic mass is 10.1. The minimum atomic E-state index is -0.260. The van der Waals surface area contributed by atoms with Crippen LogP contribution < -0.4 is 4.74 Å². The van der Waals surface area contributed by atoms with E-state index in [1.807, 2.05) is 18.2 Å². The highest BCUT2D eigenvalue weighted by atomic mass is 79.9. The fourth-order valence-corrected chi connectivity index (χ4v) is 2.67. The Balaban J connectivity index is 2.20. The van der Waals surface area contributed by atoms with E-state index in [1.54, 1.807) is 13.2 Å². The molecule has 1 atom stereocenters. The van der Waals surface area contributed by atoms with Gasteiger partial charge in [0.15, 0.2) is 0 Å². The predicted octanol–water partition coefficient (Wildman–Crippen LogP) is 4.42. The molecule has 0 N–H and O–H groups in total. The first-order valence-electron chi connectivity index (χ1n) is 5.54. The number of ether oxygens (including phenoxy) is 1. The molecule has 2 aromatic rings. The Morgan fingerprint density at radius 2 is 2.11 bits per heavy atom. The standard InChI is InChI=1S/C13H11BrCl2N2O/c1-19-13-6-9(17-7-18-13)5-12(16)10-4-8(14)2-3-11(10)15/h2-4,6-7,12H,5H2,1H3. The van der Waals surface area contributed by atoms with Gasteiger partial charge < -0.3 is 4.74 Å². The summed E-state index contributed by atoms with van der Waals surface area (Å²) in [6.07, 6.45) is 2.01. The van der Waals surface area contributed by atoms with Gasteiger partial charge in [-0.05, 0) is 23.8 Å². The Hall–Kier alpha value is -0.840. The molecule has 2 rings (SSSR count). The van der Waals surface area contributed by atoms with Crippen LogP contribution in [0.3, 0.4) is 0 Å². The fourth-order valence-electron chi connectivity index (χ4n) is 1.65. The van der Waals surface area contributed by atoms with Gasteiger partial charge in [-0.25, -0.2) is 9.97 Å². The maximum atomic E-state index is 6.41. The van der Waals surface area contributed by atoms with Crippen LogP contribution in [0.1, 0.15) is 16.6 Å². The zero-order valence-electron chi connectivity index (χ0n) is 10.1. The summed E-state index contributed by atoms with van der Waals surface area (Å²) in [6.45, 7) is 0. The van der Waals surface area contributed by atoms with Gasteiger partial charge in [0, 0.05) is 27.7 Å². The van der Waals surface area contributed by atoms with Crippen LogP contribution in [0.2, 0.25) is 5.02 Å². The molecule has 0 spiro atoms. The molecule has 0 aliphatic rings. The average molecular weight is 362 g/mol. The Bertz CT molecular complexity index is 580. The molecule has 19 heavy (non-hydrogen) atoms. The minimum absolute atomic E-state index is 0.260. The maximum Gasteiger partial charge on any atom is 0.216 e. The van der Waals surface area contributed by atoms with Crippen molar-refractivity contribution in [3.05, 3.63) is 51.3 Å². The summed E-state index contributed by atoms with van der Waals surface area (Å²) in [5, 5.41) is 0.383. The molecule has 1 aromatic heterocycles. The Labute approximate surface area is 130 Å². The minimum Gasteiger partial charge on any atom is -0.481 e. The van der Waals surface area contributed by atoms with Gasteiger partial charge >= 0.3 is 0 Å². The lowest BCUT2D eigenvalue weighted by Gasteiger charge is -2.12. The number of hydrogen-bond donors (Lipinski definition) is 0. The van der Waals surface area contributed by atoms with Crippen molar-refractivity contribution < 1.29 is 4.74 Å². The van der Waals surface area contributed by atoms with Gasteiger partial charge in [0.25, 0.3) is 0 Å². The molecular formula is C13H11BrCl2N2O. The van der Waals surface area contributed by atoms with E-state index >= 15 is 0 Å². The van der Waals surface area contributed by atoms with Crippen LogP contribution in [-0.2, 0) is 6.42 Å². The molecular weight excluding hydrogens is 351 g/mol. The summed E-state index contributed by atoms with van der Waals surface area (Å²) in [6, 6.07) is 7.37. The van der Waals surface area contributed by atoms with Crippen LogP contribution >= 0.6 is 39.1 Å². The number of halogens is 3.